The van der Waals surface area contributed by atoms with E-state index < -0.39 is 0 Å². The molecule has 2 N–H and O–H groups in total. The van der Waals surface area contributed by atoms with E-state index in [2.05, 4.69) is 24.0 Å². The highest BCUT2D eigenvalue weighted by Crippen LogP contribution is 2.23. The largest absolute Gasteiger partial charge is 0.496 e. The van der Waals surface area contributed by atoms with Gasteiger partial charge >= 0.3 is 0 Å². The van der Waals surface area contributed by atoms with Crippen LogP contribution in [-0.2, 0) is 26.4 Å². The molecule has 0 aliphatic carbocycles. The van der Waals surface area contributed by atoms with Crippen molar-refractivity contribution in [3.8, 4) is 5.75 Å². The molecule has 0 amide bonds. The third kappa shape index (κ3) is 2.96. The fourth-order valence-electron chi connectivity index (χ4n) is 2.19. The number of aromatic nitrogens is 2. The summed E-state index contributed by atoms with van der Waals surface area (Å²) >= 11 is 0. The SMILES string of the molecule is CCc1ccc(OC)c(Cc2nc(CN)cn2C)c1. The van der Waals surface area contributed by atoms with Gasteiger partial charge in [-0.25, -0.2) is 4.98 Å². The molecule has 0 atom stereocenters. The maximum Gasteiger partial charge on any atom is 0.122 e. The Kier molecular flexibility index (Phi) is 4.22. The molecule has 0 saturated heterocycles. The molecule has 1 aromatic carbocycles. The normalized spacial score (nSPS) is 10.7. The Bertz CT molecular complexity index is 561. The summed E-state index contributed by atoms with van der Waals surface area (Å²) in [6, 6.07) is 6.32. The molecule has 4 nitrogen and oxygen atoms in total. The third-order valence-electron chi connectivity index (χ3n) is 3.33. The van der Waals surface area contributed by atoms with Gasteiger partial charge in [0.25, 0.3) is 0 Å². The van der Waals surface area contributed by atoms with E-state index in [1.807, 2.05) is 23.9 Å². The Balaban J connectivity index is 2.33. The number of methoxy groups -OCH3 is 1. The second kappa shape index (κ2) is 5.89. The van der Waals surface area contributed by atoms with E-state index in [4.69, 9.17) is 10.5 Å². The number of imidazole rings is 1. The molecule has 0 radical (unpaired) electrons. The molecule has 2 rings (SSSR count). The second-order valence-electron chi connectivity index (χ2n) is 4.64. The quantitative estimate of drug-likeness (QED) is 0.894. The van der Waals surface area contributed by atoms with E-state index in [0.29, 0.717) is 6.54 Å². The standard InChI is InChI=1S/C15H21N3O/c1-4-11-5-6-14(19-3)12(7-11)8-15-17-13(9-16)10-18(15)2/h5-7,10H,4,8-9,16H2,1-3H3. The predicted octanol–water partition coefficient (Wildman–Crippen LogP) is 2.04. The second-order valence-corrected chi connectivity index (χ2v) is 4.64. The molecule has 1 aromatic heterocycles. The molecular formula is C15H21N3O. The Morgan fingerprint density at radius 3 is 2.74 bits per heavy atom. The Morgan fingerprint density at radius 1 is 1.37 bits per heavy atom. The van der Waals surface area contributed by atoms with Gasteiger partial charge in [0.1, 0.15) is 11.6 Å². The summed E-state index contributed by atoms with van der Waals surface area (Å²) in [6.45, 7) is 2.62. The summed E-state index contributed by atoms with van der Waals surface area (Å²) in [6.07, 6.45) is 3.75. The van der Waals surface area contributed by atoms with E-state index in [1.54, 1.807) is 7.11 Å². The van der Waals surface area contributed by atoms with Gasteiger partial charge in [-0.3, -0.25) is 0 Å². The van der Waals surface area contributed by atoms with Gasteiger partial charge in [0.05, 0.1) is 12.8 Å². The van der Waals surface area contributed by atoms with Crippen molar-refractivity contribution >= 4 is 0 Å². The molecule has 0 spiro atoms. The number of nitrogens with zero attached hydrogens (tertiary/aromatic N) is 2. The molecule has 0 aliphatic rings. The molecule has 19 heavy (non-hydrogen) atoms. The van der Waals surface area contributed by atoms with Crippen LogP contribution in [0.1, 0.15) is 29.6 Å². The molecular weight excluding hydrogens is 238 g/mol. The lowest BCUT2D eigenvalue weighted by atomic mass is 10.0. The van der Waals surface area contributed by atoms with Gasteiger partial charge in [-0.2, -0.15) is 0 Å². The number of hydrogen-bond acceptors (Lipinski definition) is 3. The molecule has 2 aromatic rings. The zero-order valence-corrected chi connectivity index (χ0v) is 11.8. The predicted molar refractivity (Wildman–Crippen MR) is 76.3 cm³/mol. The Morgan fingerprint density at radius 2 is 2.16 bits per heavy atom. The first-order chi connectivity index (χ1) is 9.17. The first-order valence-corrected chi connectivity index (χ1v) is 6.54. The average Bonchev–Trinajstić information content (AvgIpc) is 2.79. The lowest BCUT2D eigenvalue weighted by Gasteiger charge is -2.10. The van der Waals surface area contributed by atoms with Gasteiger partial charge in [0.2, 0.25) is 0 Å². The summed E-state index contributed by atoms with van der Waals surface area (Å²) < 4.78 is 7.46. The van der Waals surface area contributed by atoms with Crippen molar-refractivity contribution in [1.29, 1.82) is 0 Å². The van der Waals surface area contributed by atoms with E-state index in [1.165, 1.54) is 11.1 Å². The van der Waals surface area contributed by atoms with Crippen molar-refractivity contribution in [2.24, 2.45) is 12.8 Å². The van der Waals surface area contributed by atoms with Gasteiger partial charge in [-0.1, -0.05) is 19.1 Å². The van der Waals surface area contributed by atoms with Crippen molar-refractivity contribution in [3.05, 3.63) is 47.0 Å². The van der Waals surface area contributed by atoms with Gasteiger partial charge in [-0.15, -0.1) is 0 Å². The smallest absolute Gasteiger partial charge is 0.122 e. The van der Waals surface area contributed by atoms with Crippen molar-refractivity contribution in [3.63, 3.8) is 0 Å². The molecule has 0 bridgehead atoms. The number of nitrogens with two attached hydrogens (primary N) is 1. The van der Waals surface area contributed by atoms with Crippen LogP contribution < -0.4 is 10.5 Å². The van der Waals surface area contributed by atoms with E-state index in [0.717, 1.165) is 30.1 Å². The monoisotopic (exact) mass is 259 g/mol. The van der Waals surface area contributed by atoms with Gasteiger partial charge in [0, 0.05) is 31.8 Å². The van der Waals surface area contributed by atoms with Crippen molar-refractivity contribution in [2.45, 2.75) is 26.3 Å². The van der Waals surface area contributed by atoms with E-state index in [9.17, 15) is 0 Å². The highest BCUT2D eigenvalue weighted by atomic mass is 16.5. The molecule has 0 saturated carbocycles. The summed E-state index contributed by atoms with van der Waals surface area (Å²) in [5.41, 5.74) is 9.02. The molecule has 0 unspecified atom stereocenters. The topological polar surface area (TPSA) is 53.1 Å². The number of benzene rings is 1. The fourth-order valence-corrected chi connectivity index (χ4v) is 2.19. The van der Waals surface area contributed by atoms with Crippen molar-refractivity contribution in [2.75, 3.05) is 7.11 Å². The lowest BCUT2D eigenvalue weighted by Crippen LogP contribution is -2.01. The maximum atomic E-state index is 5.63. The number of ether oxygens (including phenoxy) is 1. The third-order valence-corrected chi connectivity index (χ3v) is 3.33. The van der Waals surface area contributed by atoms with Gasteiger partial charge < -0.3 is 15.0 Å². The summed E-state index contributed by atoms with van der Waals surface area (Å²) in [7, 11) is 3.70. The molecule has 1 heterocycles. The number of aryl methyl sites for hydroxylation is 2. The molecule has 102 valence electrons. The van der Waals surface area contributed by atoms with Crippen LogP contribution in [0.3, 0.4) is 0 Å². The average molecular weight is 259 g/mol. The van der Waals surface area contributed by atoms with E-state index >= 15 is 0 Å². The highest BCUT2D eigenvalue weighted by molar-refractivity contribution is 5.39. The molecule has 0 aliphatic heterocycles. The van der Waals surface area contributed by atoms with Crippen LogP contribution in [0.15, 0.2) is 24.4 Å². The summed E-state index contributed by atoms with van der Waals surface area (Å²) in [4.78, 5) is 4.54. The van der Waals surface area contributed by atoms with Crippen LogP contribution in [0.2, 0.25) is 0 Å². The first kappa shape index (κ1) is 13.6. The van der Waals surface area contributed by atoms with Crippen molar-refractivity contribution < 1.29 is 4.74 Å². The molecule has 0 fully saturated rings. The summed E-state index contributed by atoms with van der Waals surface area (Å²) in [5.74, 6) is 1.92. The molecule has 4 heteroatoms. The minimum absolute atomic E-state index is 0.472. The minimum atomic E-state index is 0.472. The number of rotatable bonds is 5. The maximum absolute atomic E-state index is 5.63. The zero-order chi connectivity index (χ0) is 13.8. The van der Waals surface area contributed by atoms with E-state index in [-0.39, 0.29) is 0 Å². The Hall–Kier alpha value is -1.81. The van der Waals surface area contributed by atoms with Crippen LogP contribution in [-0.4, -0.2) is 16.7 Å². The van der Waals surface area contributed by atoms with Crippen LogP contribution in [0.25, 0.3) is 0 Å². The van der Waals surface area contributed by atoms with Gasteiger partial charge in [0.15, 0.2) is 0 Å². The minimum Gasteiger partial charge on any atom is -0.496 e. The van der Waals surface area contributed by atoms with Crippen LogP contribution in [0.4, 0.5) is 0 Å². The highest BCUT2D eigenvalue weighted by Gasteiger charge is 2.10. The van der Waals surface area contributed by atoms with Crippen molar-refractivity contribution in [1.82, 2.24) is 9.55 Å². The number of hydrogen-bond donors (Lipinski definition) is 1. The fraction of sp³-hybridized carbons (Fsp3) is 0.400. The Labute approximate surface area is 114 Å². The van der Waals surface area contributed by atoms with Crippen LogP contribution >= 0.6 is 0 Å². The summed E-state index contributed by atoms with van der Waals surface area (Å²) in [5, 5.41) is 0. The first-order valence-electron chi connectivity index (χ1n) is 6.54. The zero-order valence-electron chi connectivity index (χ0n) is 11.8. The van der Waals surface area contributed by atoms with Crippen LogP contribution in [0, 0.1) is 0 Å². The lowest BCUT2D eigenvalue weighted by molar-refractivity contribution is 0.410. The van der Waals surface area contributed by atoms with Gasteiger partial charge in [-0.05, 0) is 18.1 Å². The van der Waals surface area contributed by atoms with Crippen LogP contribution in [0.5, 0.6) is 5.75 Å².